The summed E-state index contributed by atoms with van der Waals surface area (Å²) in [6.45, 7) is 3.47. The molecule has 0 spiro atoms. The first-order valence-corrected chi connectivity index (χ1v) is 6.95. The predicted octanol–water partition coefficient (Wildman–Crippen LogP) is 3.52. The van der Waals surface area contributed by atoms with Crippen LogP contribution in [-0.4, -0.2) is 15.6 Å². The van der Waals surface area contributed by atoms with Crippen LogP contribution in [0.25, 0.3) is 0 Å². The smallest absolute Gasteiger partial charge is 0.341 e. The highest BCUT2D eigenvalue weighted by molar-refractivity contribution is 6.35. The molecule has 110 valence electrons. The summed E-state index contributed by atoms with van der Waals surface area (Å²) >= 11 is 12.2. The fraction of sp³-hybridized carbons (Fsp3) is 0.200. The molecular weight excluding hydrogens is 313 g/mol. The van der Waals surface area contributed by atoms with Gasteiger partial charge >= 0.3 is 5.97 Å². The van der Waals surface area contributed by atoms with Crippen LogP contribution in [-0.2, 0) is 6.54 Å². The molecule has 4 nitrogen and oxygen atoms in total. The lowest BCUT2D eigenvalue weighted by molar-refractivity contribution is 0.0693. The van der Waals surface area contributed by atoms with Gasteiger partial charge < -0.3 is 9.67 Å². The standard InChI is InChI=1S/C15H13Cl2NO3/c1-8-6-9(2)18(14(19)13(8)15(20)21)7-10-11(16)4-3-5-12(10)17/h3-6H,7H2,1-2H3,(H,20,21). The molecule has 0 aliphatic rings. The van der Waals surface area contributed by atoms with Crippen LogP contribution in [0, 0.1) is 13.8 Å². The summed E-state index contributed by atoms with van der Waals surface area (Å²) in [5, 5.41) is 10.0. The molecule has 1 aromatic heterocycles. The number of carbonyl (C=O) groups is 1. The van der Waals surface area contributed by atoms with Crippen molar-refractivity contribution in [1.82, 2.24) is 4.57 Å². The molecule has 0 aliphatic carbocycles. The van der Waals surface area contributed by atoms with E-state index >= 15 is 0 Å². The van der Waals surface area contributed by atoms with Crippen LogP contribution in [0.4, 0.5) is 0 Å². The van der Waals surface area contributed by atoms with Crippen molar-refractivity contribution in [3.05, 3.63) is 67.0 Å². The van der Waals surface area contributed by atoms with E-state index < -0.39 is 11.5 Å². The molecule has 0 radical (unpaired) electrons. The second-order valence-corrected chi connectivity index (χ2v) is 5.55. The Morgan fingerprint density at radius 2 is 1.81 bits per heavy atom. The van der Waals surface area contributed by atoms with Crippen LogP contribution >= 0.6 is 23.2 Å². The van der Waals surface area contributed by atoms with Crippen LogP contribution in [0.2, 0.25) is 10.0 Å². The zero-order valence-electron chi connectivity index (χ0n) is 11.5. The van der Waals surface area contributed by atoms with Crippen LogP contribution in [0.1, 0.15) is 27.2 Å². The third-order valence-corrected chi connectivity index (χ3v) is 4.00. The molecule has 1 aromatic carbocycles. The van der Waals surface area contributed by atoms with E-state index in [1.807, 2.05) is 0 Å². The van der Waals surface area contributed by atoms with Gasteiger partial charge in [-0.3, -0.25) is 4.79 Å². The van der Waals surface area contributed by atoms with Crippen LogP contribution in [0.3, 0.4) is 0 Å². The summed E-state index contributed by atoms with van der Waals surface area (Å²) < 4.78 is 1.36. The Labute approximate surface area is 131 Å². The molecule has 0 atom stereocenters. The molecule has 1 heterocycles. The van der Waals surface area contributed by atoms with Gasteiger partial charge in [0.25, 0.3) is 5.56 Å². The van der Waals surface area contributed by atoms with Gasteiger partial charge in [-0.25, -0.2) is 4.79 Å². The molecule has 0 unspecified atom stereocenters. The number of rotatable bonds is 3. The molecule has 0 fully saturated rings. The monoisotopic (exact) mass is 325 g/mol. The number of aromatic carboxylic acids is 1. The molecule has 0 amide bonds. The normalized spacial score (nSPS) is 10.7. The van der Waals surface area contributed by atoms with Crippen LogP contribution in [0.5, 0.6) is 0 Å². The van der Waals surface area contributed by atoms with Gasteiger partial charge in [0.15, 0.2) is 0 Å². The van der Waals surface area contributed by atoms with E-state index in [1.165, 1.54) is 4.57 Å². The molecular formula is C15H13Cl2NO3. The highest BCUT2D eigenvalue weighted by atomic mass is 35.5. The Balaban J connectivity index is 2.63. The van der Waals surface area contributed by atoms with Crippen molar-refractivity contribution in [2.45, 2.75) is 20.4 Å². The van der Waals surface area contributed by atoms with Crippen molar-refractivity contribution >= 4 is 29.2 Å². The molecule has 2 rings (SSSR count). The Morgan fingerprint density at radius 3 is 2.33 bits per heavy atom. The van der Waals surface area contributed by atoms with Crippen molar-refractivity contribution < 1.29 is 9.90 Å². The minimum Gasteiger partial charge on any atom is -0.477 e. The van der Waals surface area contributed by atoms with E-state index in [9.17, 15) is 14.7 Å². The molecule has 0 saturated heterocycles. The topological polar surface area (TPSA) is 59.3 Å². The summed E-state index contributed by atoms with van der Waals surface area (Å²) in [6, 6.07) is 6.72. The number of benzene rings is 1. The average Bonchev–Trinajstić information content (AvgIpc) is 2.36. The Bertz CT molecular complexity index is 761. The van der Waals surface area contributed by atoms with Crippen molar-refractivity contribution in [3.63, 3.8) is 0 Å². The van der Waals surface area contributed by atoms with Gasteiger partial charge in [-0.05, 0) is 37.6 Å². The van der Waals surface area contributed by atoms with Crippen molar-refractivity contribution in [3.8, 4) is 0 Å². The van der Waals surface area contributed by atoms with Crippen molar-refractivity contribution in [2.24, 2.45) is 0 Å². The van der Waals surface area contributed by atoms with E-state index in [4.69, 9.17) is 23.2 Å². The fourth-order valence-electron chi connectivity index (χ4n) is 2.23. The number of aromatic nitrogens is 1. The largest absolute Gasteiger partial charge is 0.477 e. The number of hydrogen-bond donors (Lipinski definition) is 1. The predicted molar refractivity (Wildman–Crippen MR) is 82.7 cm³/mol. The molecule has 0 saturated carbocycles. The van der Waals surface area contributed by atoms with Gasteiger partial charge in [-0.15, -0.1) is 0 Å². The number of hydrogen-bond acceptors (Lipinski definition) is 2. The minimum atomic E-state index is -1.24. The zero-order valence-corrected chi connectivity index (χ0v) is 13.0. The summed E-state index contributed by atoms with van der Waals surface area (Å²) in [4.78, 5) is 23.6. The number of nitrogens with zero attached hydrogens (tertiary/aromatic N) is 1. The van der Waals surface area contributed by atoms with Gasteiger partial charge in [0, 0.05) is 21.3 Å². The second kappa shape index (κ2) is 5.92. The fourth-order valence-corrected chi connectivity index (χ4v) is 2.74. The first kappa shape index (κ1) is 15.6. The number of pyridine rings is 1. The quantitative estimate of drug-likeness (QED) is 0.939. The summed E-state index contributed by atoms with van der Waals surface area (Å²) in [6.07, 6.45) is 0. The van der Waals surface area contributed by atoms with E-state index in [0.717, 1.165) is 0 Å². The van der Waals surface area contributed by atoms with Crippen LogP contribution in [0.15, 0.2) is 29.1 Å². The molecule has 1 N–H and O–H groups in total. The van der Waals surface area contributed by atoms with Crippen molar-refractivity contribution in [1.29, 1.82) is 0 Å². The third-order valence-electron chi connectivity index (χ3n) is 3.30. The van der Waals surface area contributed by atoms with Crippen LogP contribution < -0.4 is 5.56 Å². The second-order valence-electron chi connectivity index (χ2n) is 4.74. The lowest BCUT2D eigenvalue weighted by Crippen LogP contribution is -2.29. The molecule has 0 bridgehead atoms. The number of halogens is 2. The molecule has 0 aliphatic heterocycles. The number of carboxylic acids is 1. The summed E-state index contributed by atoms with van der Waals surface area (Å²) in [5.41, 5.74) is 0.885. The average molecular weight is 326 g/mol. The highest BCUT2D eigenvalue weighted by Crippen LogP contribution is 2.25. The minimum absolute atomic E-state index is 0.129. The lowest BCUT2D eigenvalue weighted by atomic mass is 10.1. The lowest BCUT2D eigenvalue weighted by Gasteiger charge is -2.14. The van der Waals surface area contributed by atoms with E-state index in [2.05, 4.69) is 0 Å². The van der Waals surface area contributed by atoms with Gasteiger partial charge in [0.2, 0.25) is 0 Å². The van der Waals surface area contributed by atoms with Gasteiger partial charge in [0.05, 0.1) is 6.54 Å². The Morgan fingerprint density at radius 1 is 1.24 bits per heavy atom. The summed E-state index contributed by atoms with van der Waals surface area (Å²) in [5.74, 6) is -1.24. The molecule has 21 heavy (non-hydrogen) atoms. The molecule has 2 aromatic rings. The zero-order chi connectivity index (χ0) is 15.7. The van der Waals surface area contributed by atoms with Crippen molar-refractivity contribution in [2.75, 3.05) is 0 Å². The number of carboxylic acid groups (broad SMARTS) is 1. The first-order chi connectivity index (χ1) is 9.82. The maximum absolute atomic E-state index is 12.4. The highest BCUT2D eigenvalue weighted by Gasteiger charge is 2.17. The van der Waals surface area contributed by atoms with E-state index in [-0.39, 0.29) is 12.1 Å². The Hall–Kier alpha value is -1.78. The van der Waals surface area contributed by atoms with Gasteiger partial charge in [-0.1, -0.05) is 29.3 Å². The van der Waals surface area contributed by atoms with Gasteiger partial charge in [-0.2, -0.15) is 0 Å². The SMILES string of the molecule is Cc1cc(C)n(Cc2c(Cl)cccc2Cl)c(=O)c1C(=O)O. The Kier molecular flexibility index (Phi) is 4.40. The molecule has 6 heteroatoms. The van der Waals surface area contributed by atoms with E-state index in [1.54, 1.807) is 38.1 Å². The van der Waals surface area contributed by atoms with Gasteiger partial charge in [0.1, 0.15) is 5.56 Å². The number of aryl methyl sites for hydroxylation is 2. The maximum atomic E-state index is 12.4. The maximum Gasteiger partial charge on any atom is 0.341 e. The third kappa shape index (κ3) is 2.96. The van der Waals surface area contributed by atoms with E-state index in [0.29, 0.717) is 26.9 Å². The first-order valence-electron chi connectivity index (χ1n) is 6.20. The summed E-state index contributed by atoms with van der Waals surface area (Å²) in [7, 11) is 0.